The Morgan fingerprint density at radius 2 is 2.08 bits per heavy atom. The second-order valence-corrected chi connectivity index (χ2v) is 7.48. The maximum Gasteiger partial charge on any atom is 0.253 e. The lowest BCUT2D eigenvalue weighted by Crippen LogP contribution is -2.42. The van der Waals surface area contributed by atoms with Gasteiger partial charge >= 0.3 is 0 Å². The number of carbonyl (C=O) groups is 2. The lowest BCUT2D eigenvalue weighted by molar-refractivity contribution is -0.115. The van der Waals surface area contributed by atoms with Gasteiger partial charge in [0.25, 0.3) is 5.91 Å². The molecule has 1 unspecified atom stereocenters. The number of hydrogen-bond acceptors (Lipinski definition) is 4. The van der Waals surface area contributed by atoms with E-state index in [1.165, 1.54) is 0 Å². The molecule has 1 aromatic rings. The molecular formula is C17H24ClN3O2S. The standard InChI is InChI=1S/C17H23N3O2S.ClH/c1-11(18)12-4-7-20(8-5-12)17(22)13-2-3-15-14(10-13)19-16(21)6-9-23-15;/h2-3,10-12H,4-9,18H2,1H3,(H,19,21);1H. The molecule has 132 valence electrons. The van der Waals surface area contributed by atoms with E-state index in [1.807, 2.05) is 30.0 Å². The van der Waals surface area contributed by atoms with Gasteiger partial charge in [-0.05, 0) is 43.9 Å². The highest BCUT2D eigenvalue weighted by atomic mass is 35.5. The van der Waals surface area contributed by atoms with Crippen LogP contribution in [0.3, 0.4) is 0 Å². The van der Waals surface area contributed by atoms with E-state index >= 15 is 0 Å². The van der Waals surface area contributed by atoms with Crippen molar-refractivity contribution in [2.24, 2.45) is 11.7 Å². The molecule has 2 heterocycles. The van der Waals surface area contributed by atoms with Crippen molar-refractivity contribution in [3.8, 4) is 0 Å². The molecule has 0 bridgehead atoms. The number of hydrogen-bond donors (Lipinski definition) is 2. The lowest BCUT2D eigenvalue weighted by Gasteiger charge is -2.33. The number of piperidine rings is 1. The number of halogens is 1. The predicted molar refractivity (Wildman–Crippen MR) is 99.9 cm³/mol. The lowest BCUT2D eigenvalue weighted by atomic mass is 9.90. The average molecular weight is 370 g/mol. The third-order valence-corrected chi connectivity index (χ3v) is 5.73. The highest BCUT2D eigenvalue weighted by Crippen LogP contribution is 2.32. The fourth-order valence-electron chi connectivity index (χ4n) is 3.16. The second kappa shape index (κ2) is 8.23. The van der Waals surface area contributed by atoms with Crippen LogP contribution >= 0.6 is 24.2 Å². The third kappa shape index (κ3) is 4.23. The van der Waals surface area contributed by atoms with Crippen LogP contribution in [0.15, 0.2) is 23.1 Å². The minimum atomic E-state index is 0. The number of nitrogens with zero attached hydrogens (tertiary/aromatic N) is 1. The quantitative estimate of drug-likeness (QED) is 0.840. The third-order valence-electron chi connectivity index (χ3n) is 4.66. The molecule has 24 heavy (non-hydrogen) atoms. The number of amides is 2. The van der Waals surface area contributed by atoms with E-state index in [0.717, 1.165) is 42.3 Å². The van der Waals surface area contributed by atoms with Crippen molar-refractivity contribution in [3.63, 3.8) is 0 Å². The fourth-order valence-corrected chi connectivity index (χ4v) is 4.10. The van der Waals surface area contributed by atoms with Gasteiger partial charge in [0.05, 0.1) is 5.69 Å². The van der Waals surface area contributed by atoms with E-state index in [-0.39, 0.29) is 30.3 Å². The predicted octanol–water partition coefficient (Wildman–Crippen LogP) is 2.74. The first-order valence-corrected chi connectivity index (χ1v) is 9.14. The Morgan fingerprint density at radius 1 is 1.38 bits per heavy atom. The summed E-state index contributed by atoms with van der Waals surface area (Å²) in [6.07, 6.45) is 2.43. The van der Waals surface area contributed by atoms with Crippen LogP contribution in [0.25, 0.3) is 0 Å². The number of likely N-dealkylation sites (tertiary alicyclic amines) is 1. The normalized spacial score (nSPS) is 19.6. The minimum Gasteiger partial charge on any atom is -0.339 e. The van der Waals surface area contributed by atoms with Crippen molar-refractivity contribution in [1.29, 1.82) is 0 Å². The van der Waals surface area contributed by atoms with Crippen molar-refractivity contribution >= 4 is 41.7 Å². The molecule has 1 atom stereocenters. The molecule has 2 aliphatic rings. The zero-order valence-corrected chi connectivity index (χ0v) is 15.4. The molecule has 1 aromatic carbocycles. The molecule has 0 radical (unpaired) electrons. The van der Waals surface area contributed by atoms with Gasteiger partial charge in [0.15, 0.2) is 0 Å². The van der Waals surface area contributed by atoms with Gasteiger partial charge in [0.2, 0.25) is 5.91 Å². The summed E-state index contributed by atoms with van der Waals surface area (Å²) < 4.78 is 0. The summed E-state index contributed by atoms with van der Waals surface area (Å²) in [7, 11) is 0. The molecule has 5 nitrogen and oxygen atoms in total. The summed E-state index contributed by atoms with van der Waals surface area (Å²) in [6, 6.07) is 5.80. The molecule has 0 aromatic heterocycles. The zero-order chi connectivity index (χ0) is 16.4. The van der Waals surface area contributed by atoms with E-state index in [1.54, 1.807) is 11.8 Å². The van der Waals surface area contributed by atoms with Crippen LogP contribution < -0.4 is 11.1 Å². The van der Waals surface area contributed by atoms with E-state index in [2.05, 4.69) is 5.32 Å². The van der Waals surface area contributed by atoms with Crippen LogP contribution in [0.4, 0.5) is 5.69 Å². The Bertz CT molecular complexity index is 616. The van der Waals surface area contributed by atoms with E-state index in [0.29, 0.717) is 17.9 Å². The van der Waals surface area contributed by atoms with Gasteiger partial charge in [-0.1, -0.05) is 0 Å². The summed E-state index contributed by atoms with van der Waals surface area (Å²) in [6.45, 7) is 3.54. The zero-order valence-electron chi connectivity index (χ0n) is 13.8. The molecule has 2 aliphatic heterocycles. The smallest absolute Gasteiger partial charge is 0.253 e. The number of benzene rings is 1. The SMILES string of the molecule is CC(N)C1CCN(C(=O)c2ccc3c(c2)NC(=O)CCS3)CC1.Cl. The Hall–Kier alpha value is -1.24. The Kier molecular flexibility index (Phi) is 6.54. The van der Waals surface area contributed by atoms with Crippen LogP contribution in [0.5, 0.6) is 0 Å². The van der Waals surface area contributed by atoms with Crippen LogP contribution in [0.1, 0.15) is 36.5 Å². The molecule has 1 fully saturated rings. The Morgan fingerprint density at radius 3 is 2.75 bits per heavy atom. The largest absolute Gasteiger partial charge is 0.339 e. The molecule has 3 N–H and O–H groups in total. The van der Waals surface area contributed by atoms with E-state index < -0.39 is 0 Å². The highest BCUT2D eigenvalue weighted by molar-refractivity contribution is 7.99. The number of carbonyl (C=O) groups excluding carboxylic acids is 2. The molecule has 0 spiro atoms. The molecule has 0 saturated carbocycles. The summed E-state index contributed by atoms with van der Waals surface area (Å²) in [4.78, 5) is 27.3. The summed E-state index contributed by atoms with van der Waals surface area (Å²) in [5, 5.41) is 2.90. The van der Waals surface area contributed by atoms with Crippen molar-refractivity contribution in [2.75, 3.05) is 24.2 Å². The number of thioether (sulfide) groups is 1. The second-order valence-electron chi connectivity index (χ2n) is 6.35. The minimum absolute atomic E-state index is 0. The highest BCUT2D eigenvalue weighted by Gasteiger charge is 2.26. The van der Waals surface area contributed by atoms with E-state index in [9.17, 15) is 9.59 Å². The van der Waals surface area contributed by atoms with Crippen LogP contribution in [-0.2, 0) is 4.79 Å². The van der Waals surface area contributed by atoms with Crippen LogP contribution in [-0.4, -0.2) is 41.6 Å². The van der Waals surface area contributed by atoms with Crippen LogP contribution in [0.2, 0.25) is 0 Å². The average Bonchev–Trinajstić information content (AvgIpc) is 2.74. The van der Waals surface area contributed by atoms with Crippen LogP contribution in [0, 0.1) is 5.92 Å². The van der Waals surface area contributed by atoms with Gasteiger partial charge in [0, 0.05) is 41.8 Å². The number of rotatable bonds is 2. The van der Waals surface area contributed by atoms with Gasteiger partial charge in [-0.15, -0.1) is 24.2 Å². The summed E-state index contributed by atoms with van der Waals surface area (Å²) >= 11 is 1.65. The Labute approximate surface area is 153 Å². The maximum absolute atomic E-state index is 12.7. The molecule has 7 heteroatoms. The Balaban J connectivity index is 0.00000208. The van der Waals surface area contributed by atoms with Crippen molar-refractivity contribution in [2.45, 2.75) is 37.1 Å². The van der Waals surface area contributed by atoms with Gasteiger partial charge < -0.3 is 16.0 Å². The maximum atomic E-state index is 12.7. The van der Waals surface area contributed by atoms with Crippen molar-refractivity contribution < 1.29 is 9.59 Å². The van der Waals surface area contributed by atoms with Crippen molar-refractivity contribution in [3.05, 3.63) is 23.8 Å². The molecule has 3 rings (SSSR count). The number of nitrogens with one attached hydrogen (secondary N) is 1. The van der Waals surface area contributed by atoms with E-state index in [4.69, 9.17) is 5.73 Å². The van der Waals surface area contributed by atoms with Crippen molar-refractivity contribution in [1.82, 2.24) is 4.90 Å². The molecule has 2 amide bonds. The topological polar surface area (TPSA) is 75.4 Å². The summed E-state index contributed by atoms with van der Waals surface area (Å²) in [5.41, 5.74) is 7.36. The molecule has 0 aliphatic carbocycles. The monoisotopic (exact) mass is 369 g/mol. The number of nitrogens with two attached hydrogens (primary N) is 1. The number of fused-ring (bicyclic) bond motifs is 1. The molecular weight excluding hydrogens is 346 g/mol. The fraction of sp³-hybridized carbons (Fsp3) is 0.529. The van der Waals surface area contributed by atoms with Gasteiger partial charge in [-0.25, -0.2) is 0 Å². The first-order chi connectivity index (χ1) is 11.0. The first-order valence-electron chi connectivity index (χ1n) is 8.16. The molecule has 1 saturated heterocycles. The van der Waals surface area contributed by atoms with Gasteiger partial charge in [0.1, 0.15) is 0 Å². The first kappa shape index (κ1) is 19.1. The number of anilines is 1. The summed E-state index contributed by atoms with van der Waals surface area (Å²) in [5.74, 6) is 1.33. The van der Waals surface area contributed by atoms with Gasteiger partial charge in [-0.2, -0.15) is 0 Å². The van der Waals surface area contributed by atoms with Gasteiger partial charge in [-0.3, -0.25) is 9.59 Å².